The Morgan fingerprint density at radius 2 is 1.85 bits per heavy atom. The van der Waals surface area contributed by atoms with Crippen molar-refractivity contribution in [2.45, 2.75) is 32.4 Å². The molecule has 0 atom stereocenters. The van der Waals surface area contributed by atoms with Crippen LogP contribution in [0, 0.1) is 6.92 Å². The number of aliphatic hydroxyl groups excluding tert-OH is 1. The zero-order valence-electron chi connectivity index (χ0n) is 15.5. The summed E-state index contributed by atoms with van der Waals surface area (Å²) in [6.45, 7) is 4.31. The van der Waals surface area contributed by atoms with Gasteiger partial charge in [-0.2, -0.15) is 0 Å². The highest BCUT2D eigenvalue weighted by Crippen LogP contribution is 2.22. The number of nitrogens with one attached hydrogen (secondary N) is 2. The van der Waals surface area contributed by atoms with Crippen molar-refractivity contribution in [3.05, 3.63) is 70.0 Å². The number of anilines is 2. The number of nitrogens with zero attached hydrogens (tertiary/aromatic N) is 1. The normalized spacial score (nSPS) is 15.3. The van der Waals surface area contributed by atoms with Crippen LogP contribution in [-0.4, -0.2) is 29.3 Å². The molecule has 3 N–H and O–H groups in total. The third-order valence-corrected chi connectivity index (χ3v) is 5.26. The minimum absolute atomic E-state index is 0.0534. The van der Waals surface area contributed by atoms with E-state index in [9.17, 15) is 9.90 Å². The topological polar surface area (TPSA) is 68.4 Å². The largest absolute Gasteiger partial charge is 0.393 e. The minimum atomic E-state index is -0.161. The van der Waals surface area contributed by atoms with Crippen LogP contribution in [0.15, 0.2) is 53.3 Å². The molecule has 1 aliphatic heterocycles. The van der Waals surface area contributed by atoms with Crippen LogP contribution < -0.4 is 15.8 Å². The molecule has 2 heterocycles. The molecule has 0 amide bonds. The molecule has 0 radical (unpaired) electrons. The van der Waals surface area contributed by atoms with Crippen LogP contribution in [-0.2, 0) is 6.54 Å². The van der Waals surface area contributed by atoms with Crippen molar-refractivity contribution in [3.63, 3.8) is 0 Å². The molecule has 0 bridgehead atoms. The number of pyridine rings is 1. The van der Waals surface area contributed by atoms with Crippen molar-refractivity contribution < 1.29 is 5.11 Å². The molecule has 0 saturated carbocycles. The molecule has 0 unspecified atom stereocenters. The molecule has 140 valence electrons. The van der Waals surface area contributed by atoms with E-state index in [1.807, 2.05) is 37.3 Å². The molecule has 4 rings (SSSR count). The Morgan fingerprint density at radius 1 is 1.11 bits per heavy atom. The molecule has 0 spiro atoms. The summed E-state index contributed by atoms with van der Waals surface area (Å²) in [5.41, 5.74) is 4.87. The molecule has 1 aromatic heterocycles. The monoisotopic (exact) mass is 363 g/mol. The molecular formula is C22H25N3O2. The molecule has 27 heavy (non-hydrogen) atoms. The third kappa shape index (κ3) is 3.98. The van der Waals surface area contributed by atoms with Crippen LogP contribution in [0.4, 0.5) is 11.4 Å². The first-order valence-corrected chi connectivity index (χ1v) is 9.48. The van der Waals surface area contributed by atoms with E-state index in [2.05, 4.69) is 33.4 Å². The lowest BCUT2D eigenvalue weighted by Crippen LogP contribution is -2.35. The molecule has 1 saturated heterocycles. The minimum Gasteiger partial charge on any atom is -0.393 e. The summed E-state index contributed by atoms with van der Waals surface area (Å²) < 4.78 is 0. The van der Waals surface area contributed by atoms with Crippen LogP contribution in [0.5, 0.6) is 0 Å². The van der Waals surface area contributed by atoms with Gasteiger partial charge in [0.2, 0.25) is 0 Å². The number of hydrogen-bond donors (Lipinski definition) is 3. The maximum Gasteiger partial charge on any atom is 0.253 e. The van der Waals surface area contributed by atoms with Gasteiger partial charge >= 0.3 is 0 Å². The lowest BCUT2D eigenvalue weighted by Gasteiger charge is -2.31. The van der Waals surface area contributed by atoms with Gasteiger partial charge in [-0.3, -0.25) is 4.79 Å². The van der Waals surface area contributed by atoms with Crippen molar-refractivity contribution in [2.24, 2.45) is 0 Å². The number of aromatic amines is 1. The van der Waals surface area contributed by atoms with E-state index in [0.717, 1.165) is 48.1 Å². The molecule has 5 nitrogen and oxygen atoms in total. The van der Waals surface area contributed by atoms with E-state index in [0.29, 0.717) is 6.54 Å². The Bertz CT molecular complexity index is 987. The van der Waals surface area contributed by atoms with Gasteiger partial charge in [0, 0.05) is 42.1 Å². The average Bonchev–Trinajstić information content (AvgIpc) is 2.68. The number of aromatic nitrogens is 1. The quantitative estimate of drug-likeness (QED) is 0.664. The van der Waals surface area contributed by atoms with Crippen LogP contribution >= 0.6 is 0 Å². The standard InChI is InChI=1S/C22H25N3O2/c1-15-2-7-21-16(12-15)13-17(22(27)24-21)14-23-18-3-5-19(6-4-18)25-10-8-20(26)9-11-25/h2-7,12-13,20,23,26H,8-11,14H2,1H3,(H,24,27). The average molecular weight is 363 g/mol. The first-order chi connectivity index (χ1) is 13.1. The zero-order valence-corrected chi connectivity index (χ0v) is 15.5. The fourth-order valence-electron chi connectivity index (χ4n) is 3.61. The summed E-state index contributed by atoms with van der Waals surface area (Å²) in [5.74, 6) is 0. The van der Waals surface area contributed by atoms with Crippen LogP contribution in [0.1, 0.15) is 24.0 Å². The number of benzene rings is 2. The summed E-state index contributed by atoms with van der Waals surface area (Å²) in [6.07, 6.45) is 1.49. The van der Waals surface area contributed by atoms with Gasteiger partial charge in [-0.15, -0.1) is 0 Å². The van der Waals surface area contributed by atoms with Gasteiger partial charge in [-0.25, -0.2) is 0 Å². The van der Waals surface area contributed by atoms with Gasteiger partial charge in [0.05, 0.1) is 6.10 Å². The van der Waals surface area contributed by atoms with Gasteiger partial charge in [-0.1, -0.05) is 11.6 Å². The van der Waals surface area contributed by atoms with Crippen molar-refractivity contribution in [3.8, 4) is 0 Å². The van der Waals surface area contributed by atoms with E-state index in [-0.39, 0.29) is 11.7 Å². The van der Waals surface area contributed by atoms with Crippen LogP contribution in [0.2, 0.25) is 0 Å². The lowest BCUT2D eigenvalue weighted by molar-refractivity contribution is 0.145. The van der Waals surface area contributed by atoms with Crippen molar-refractivity contribution in [2.75, 3.05) is 23.3 Å². The number of fused-ring (bicyclic) bond motifs is 1. The van der Waals surface area contributed by atoms with E-state index in [4.69, 9.17) is 0 Å². The highest BCUT2D eigenvalue weighted by atomic mass is 16.3. The summed E-state index contributed by atoms with van der Waals surface area (Å²) in [6, 6.07) is 16.3. The SMILES string of the molecule is Cc1ccc2[nH]c(=O)c(CNc3ccc(N4CCC(O)CC4)cc3)cc2c1. The molecule has 0 aliphatic carbocycles. The first-order valence-electron chi connectivity index (χ1n) is 9.48. The smallest absolute Gasteiger partial charge is 0.253 e. The number of hydrogen-bond acceptors (Lipinski definition) is 4. The first kappa shape index (κ1) is 17.6. The summed E-state index contributed by atoms with van der Waals surface area (Å²) in [5, 5.41) is 14.0. The van der Waals surface area contributed by atoms with Crippen LogP contribution in [0.3, 0.4) is 0 Å². The number of piperidine rings is 1. The zero-order chi connectivity index (χ0) is 18.8. The highest BCUT2D eigenvalue weighted by molar-refractivity contribution is 5.79. The number of aryl methyl sites for hydroxylation is 1. The number of aliphatic hydroxyl groups is 1. The third-order valence-electron chi connectivity index (χ3n) is 5.26. The van der Waals surface area contributed by atoms with E-state index >= 15 is 0 Å². The number of rotatable bonds is 4. The Balaban J connectivity index is 1.45. The Hall–Kier alpha value is -2.79. The summed E-state index contributed by atoms with van der Waals surface area (Å²) in [4.78, 5) is 17.6. The Labute approximate surface area is 158 Å². The van der Waals surface area contributed by atoms with Crippen molar-refractivity contribution in [1.82, 2.24) is 4.98 Å². The van der Waals surface area contributed by atoms with E-state index < -0.39 is 0 Å². The number of H-pyrrole nitrogens is 1. The Kier molecular flexibility index (Phi) is 4.86. The lowest BCUT2D eigenvalue weighted by atomic mass is 10.1. The summed E-state index contributed by atoms with van der Waals surface area (Å²) >= 11 is 0. The second kappa shape index (κ2) is 7.45. The molecular weight excluding hydrogens is 338 g/mol. The molecule has 1 aliphatic rings. The van der Waals surface area contributed by atoms with Crippen molar-refractivity contribution in [1.29, 1.82) is 0 Å². The second-order valence-corrected chi connectivity index (χ2v) is 7.33. The maximum absolute atomic E-state index is 12.3. The summed E-state index contributed by atoms with van der Waals surface area (Å²) in [7, 11) is 0. The van der Waals surface area contributed by atoms with Crippen LogP contribution in [0.25, 0.3) is 10.9 Å². The molecule has 3 aromatic rings. The van der Waals surface area contributed by atoms with Gasteiger partial charge in [0.1, 0.15) is 0 Å². The molecule has 2 aromatic carbocycles. The van der Waals surface area contributed by atoms with Gasteiger partial charge in [0.25, 0.3) is 5.56 Å². The molecule has 5 heteroatoms. The predicted octanol–water partition coefficient (Wildman–Crippen LogP) is 3.41. The Morgan fingerprint density at radius 3 is 2.59 bits per heavy atom. The van der Waals surface area contributed by atoms with E-state index in [1.165, 1.54) is 11.3 Å². The van der Waals surface area contributed by atoms with Gasteiger partial charge in [0.15, 0.2) is 0 Å². The maximum atomic E-state index is 12.3. The predicted molar refractivity (Wildman–Crippen MR) is 111 cm³/mol. The van der Waals surface area contributed by atoms with Gasteiger partial charge < -0.3 is 20.3 Å². The highest BCUT2D eigenvalue weighted by Gasteiger charge is 2.17. The fourth-order valence-corrected chi connectivity index (χ4v) is 3.61. The van der Waals surface area contributed by atoms with Gasteiger partial charge in [-0.05, 0) is 67.6 Å². The second-order valence-electron chi connectivity index (χ2n) is 7.33. The van der Waals surface area contributed by atoms with Crippen molar-refractivity contribution >= 4 is 22.3 Å². The van der Waals surface area contributed by atoms with E-state index in [1.54, 1.807) is 0 Å². The molecule has 1 fully saturated rings. The fraction of sp³-hybridized carbons (Fsp3) is 0.318.